The second-order valence-electron chi connectivity index (χ2n) is 8.99. The molecule has 0 aromatic rings. The Morgan fingerprint density at radius 2 is 1.41 bits per heavy atom. The summed E-state index contributed by atoms with van der Waals surface area (Å²) < 4.78 is 5.44. The molecule has 9 heteroatoms. The van der Waals surface area contributed by atoms with Crippen molar-refractivity contribution >= 4 is 18.5 Å². The predicted octanol–water partition coefficient (Wildman–Crippen LogP) is 1.27. The van der Waals surface area contributed by atoms with Crippen molar-refractivity contribution < 1.29 is 30.0 Å². The van der Waals surface area contributed by atoms with Gasteiger partial charge in [-0.25, -0.2) is 0 Å². The molecule has 0 radical (unpaired) electrons. The van der Waals surface area contributed by atoms with Crippen LogP contribution in [-0.4, -0.2) is 81.3 Å². The highest BCUT2D eigenvalue weighted by Crippen LogP contribution is 2.26. The molecule has 1 saturated heterocycles. The Balaban J connectivity index is 2.16. The van der Waals surface area contributed by atoms with E-state index in [1.54, 1.807) is 0 Å². The first-order chi connectivity index (χ1) is 15.3. The standard InChI is InChI=1S/C23H46N2O6S/c1-2-3-4-5-6-7-8-9-10-11-12-13-14-25-23(30)17(24)22(32)21-20(29)19(28)18(27)16(15-26)31-21/h16-22,26-29,32H,2-15,24H2,1H3,(H,25,30)/t16-,17+,18+,19+,20-,21-,22?/m1/s1. The van der Waals surface area contributed by atoms with Crippen molar-refractivity contribution in [2.45, 2.75) is 126 Å². The van der Waals surface area contributed by atoms with E-state index in [2.05, 4.69) is 24.9 Å². The lowest BCUT2D eigenvalue weighted by Gasteiger charge is -2.42. The third kappa shape index (κ3) is 10.2. The van der Waals surface area contributed by atoms with Crippen LogP contribution in [0.5, 0.6) is 0 Å². The highest BCUT2D eigenvalue weighted by atomic mass is 32.1. The van der Waals surface area contributed by atoms with Crippen LogP contribution in [0.3, 0.4) is 0 Å². The number of aliphatic hydroxyl groups is 4. The zero-order chi connectivity index (χ0) is 23.9. The maximum absolute atomic E-state index is 12.3. The topological polar surface area (TPSA) is 145 Å². The van der Waals surface area contributed by atoms with E-state index < -0.39 is 54.3 Å². The molecule has 32 heavy (non-hydrogen) atoms. The van der Waals surface area contributed by atoms with Gasteiger partial charge in [0, 0.05) is 6.54 Å². The van der Waals surface area contributed by atoms with E-state index in [4.69, 9.17) is 10.5 Å². The molecule has 7 N–H and O–H groups in total. The average Bonchev–Trinajstić information content (AvgIpc) is 2.79. The summed E-state index contributed by atoms with van der Waals surface area (Å²) in [5, 5.41) is 41.1. The Hall–Kier alpha value is -0.420. The highest BCUT2D eigenvalue weighted by Gasteiger charge is 2.47. The number of carbonyl (C=O) groups excluding carboxylic acids is 1. The molecule has 1 fully saturated rings. The number of nitrogens with two attached hydrogens (primary N) is 1. The normalized spacial score (nSPS) is 27.8. The summed E-state index contributed by atoms with van der Waals surface area (Å²) in [4.78, 5) is 12.3. The van der Waals surface area contributed by atoms with E-state index in [1.807, 2.05) is 0 Å². The number of amides is 1. The second-order valence-corrected chi connectivity index (χ2v) is 9.59. The molecule has 0 aromatic carbocycles. The molecule has 7 atom stereocenters. The Kier molecular flexibility index (Phi) is 15.8. The molecule has 1 aliphatic rings. The number of hydrogen-bond donors (Lipinski definition) is 7. The van der Waals surface area contributed by atoms with Gasteiger partial charge in [0.05, 0.1) is 17.9 Å². The van der Waals surface area contributed by atoms with E-state index in [0.717, 1.165) is 19.3 Å². The van der Waals surface area contributed by atoms with Gasteiger partial charge < -0.3 is 36.2 Å². The van der Waals surface area contributed by atoms with Crippen LogP contribution in [0.15, 0.2) is 0 Å². The Labute approximate surface area is 198 Å². The fourth-order valence-corrected chi connectivity index (χ4v) is 4.45. The molecule has 1 unspecified atom stereocenters. The highest BCUT2D eigenvalue weighted by molar-refractivity contribution is 7.81. The minimum absolute atomic E-state index is 0.412. The summed E-state index contributed by atoms with van der Waals surface area (Å²) >= 11 is 4.31. The average molecular weight is 479 g/mol. The molecular weight excluding hydrogens is 432 g/mol. The molecule has 0 aromatic heterocycles. The van der Waals surface area contributed by atoms with Gasteiger partial charge in [0.2, 0.25) is 5.91 Å². The maximum atomic E-state index is 12.3. The van der Waals surface area contributed by atoms with Crippen molar-refractivity contribution in [3.63, 3.8) is 0 Å². The Morgan fingerprint density at radius 1 is 0.906 bits per heavy atom. The molecule has 1 aliphatic heterocycles. The van der Waals surface area contributed by atoms with Crippen molar-refractivity contribution in [3.05, 3.63) is 0 Å². The molecule has 0 saturated carbocycles. The van der Waals surface area contributed by atoms with Crippen LogP contribution in [0.25, 0.3) is 0 Å². The molecule has 0 spiro atoms. The fraction of sp³-hybridized carbons (Fsp3) is 0.957. The summed E-state index contributed by atoms with van der Waals surface area (Å²) in [6.07, 6.45) is 8.32. The number of aliphatic hydroxyl groups excluding tert-OH is 4. The van der Waals surface area contributed by atoms with Crippen LogP contribution in [0.1, 0.15) is 84.0 Å². The van der Waals surface area contributed by atoms with Gasteiger partial charge in [-0.3, -0.25) is 4.79 Å². The number of hydrogen-bond acceptors (Lipinski definition) is 8. The first kappa shape index (κ1) is 29.6. The van der Waals surface area contributed by atoms with Gasteiger partial charge in [-0.2, -0.15) is 12.6 Å². The van der Waals surface area contributed by atoms with Gasteiger partial charge in [-0.15, -0.1) is 0 Å². The fourth-order valence-electron chi connectivity index (χ4n) is 4.07. The third-order valence-corrected chi connectivity index (χ3v) is 6.88. The SMILES string of the molecule is CCCCCCCCCCCCCCNC(=O)[C@@H](N)C(S)[C@@H]1O[C@H](CO)[C@H](O)[C@H](O)[C@H]1O. The quantitative estimate of drug-likeness (QED) is 0.123. The second kappa shape index (κ2) is 17.1. The predicted molar refractivity (Wildman–Crippen MR) is 129 cm³/mol. The van der Waals surface area contributed by atoms with E-state index >= 15 is 0 Å². The van der Waals surface area contributed by atoms with Crippen LogP contribution < -0.4 is 11.1 Å². The summed E-state index contributed by atoms with van der Waals surface area (Å²) in [5.74, 6) is -0.412. The van der Waals surface area contributed by atoms with Crippen molar-refractivity contribution in [2.75, 3.05) is 13.2 Å². The van der Waals surface area contributed by atoms with Gasteiger partial charge >= 0.3 is 0 Å². The first-order valence-electron chi connectivity index (χ1n) is 12.4. The Morgan fingerprint density at radius 3 is 1.91 bits per heavy atom. The van der Waals surface area contributed by atoms with Crippen molar-refractivity contribution in [1.82, 2.24) is 5.32 Å². The smallest absolute Gasteiger partial charge is 0.238 e. The number of thiol groups is 1. The minimum Gasteiger partial charge on any atom is -0.394 e. The zero-order valence-corrected chi connectivity index (χ0v) is 20.5. The first-order valence-corrected chi connectivity index (χ1v) is 12.9. The molecule has 1 heterocycles. The summed E-state index contributed by atoms with van der Waals surface area (Å²) in [5.41, 5.74) is 5.98. The molecule has 1 amide bonds. The number of ether oxygens (including phenoxy) is 1. The van der Waals surface area contributed by atoms with Crippen LogP contribution in [-0.2, 0) is 9.53 Å². The lowest BCUT2D eigenvalue weighted by Crippen LogP contribution is -2.64. The van der Waals surface area contributed by atoms with Crippen LogP contribution in [0.4, 0.5) is 0 Å². The molecule has 0 aliphatic carbocycles. The number of rotatable bonds is 17. The van der Waals surface area contributed by atoms with E-state index in [0.29, 0.717) is 6.54 Å². The molecular formula is C23H46N2O6S. The maximum Gasteiger partial charge on any atom is 0.238 e. The summed E-state index contributed by atoms with van der Waals surface area (Å²) in [6, 6.07) is -1.07. The van der Waals surface area contributed by atoms with Gasteiger partial charge in [0.1, 0.15) is 30.5 Å². The number of carbonyl (C=O) groups is 1. The van der Waals surface area contributed by atoms with Gasteiger partial charge in [0.15, 0.2) is 0 Å². The van der Waals surface area contributed by atoms with Crippen LogP contribution >= 0.6 is 12.6 Å². The van der Waals surface area contributed by atoms with Crippen molar-refractivity contribution in [2.24, 2.45) is 5.73 Å². The zero-order valence-electron chi connectivity index (χ0n) is 19.6. The van der Waals surface area contributed by atoms with Gasteiger partial charge in [0.25, 0.3) is 0 Å². The lowest BCUT2D eigenvalue weighted by atomic mass is 9.91. The summed E-state index contributed by atoms with van der Waals surface area (Å²) in [6.45, 7) is 2.21. The van der Waals surface area contributed by atoms with Crippen LogP contribution in [0, 0.1) is 0 Å². The monoisotopic (exact) mass is 478 g/mol. The molecule has 190 valence electrons. The molecule has 0 bridgehead atoms. The molecule has 1 rings (SSSR count). The van der Waals surface area contributed by atoms with E-state index in [1.165, 1.54) is 57.8 Å². The lowest BCUT2D eigenvalue weighted by molar-refractivity contribution is -0.229. The third-order valence-electron chi connectivity index (χ3n) is 6.27. The minimum atomic E-state index is -1.52. The van der Waals surface area contributed by atoms with Crippen molar-refractivity contribution in [3.8, 4) is 0 Å². The van der Waals surface area contributed by atoms with Gasteiger partial charge in [-0.05, 0) is 6.42 Å². The van der Waals surface area contributed by atoms with E-state index in [9.17, 15) is 25.2 Å². The number of unbranched alkanes of at least 4 members (excludes halogenated alkanes) is 11. The largest absolute Gasteiger partial charge is 0.394 e. The summed E-state index contributed by atoms with van der Waals surface area (Å²) in [7, 11) is 0. The Bertz CT molecular complexity index is 499. The van der Waals surface area contributed by atoms with Gasteiger partial charge in [-0.1, -0.05) is 77.6 Å². The molecule has 8 nitrogen and oxygen atoms in total. The number of nitrogens with one attached hydrogen (secondary N) is 1. The van der Waals surface area contributed by atoms with E-state index in [-0.39, 0.29) is 0 Å². The van der Waals surface area contributed by atoms with Crippen molar-refractivity contribution in [1.29, 1.82) is 0 Å². The van der Waals surface area contributed by atoms with Crippen LogP contribution in [0.2, 0.25) is 0 Å².